The minimum Gasteiger partial charge on any atom is -0.465 e. The summed E-state index contributed by atoms with van der Waals surface area (Å²) < 4.78 is 9.98. The summed E-state index contributed by atoms with van der Waals surface area (Å²) in [7, 11) is 1.25. The van der Waals surface area contributed by atoms with E-state index in [0.717, 1.165) is 0 Å². The summed E-state index contributed by atoms with van der Waals surface area (Å²) in [5.74, 6) is -0.676. The SMILES string of the molecule is COC(=O)c1cc(/C=C(\C#N)C(=O)Nc2ccccc2Cl)oc1C. The fraction of sp³-hybridized carbons (Fsp3) is 0.118. The quantitative estimate of drug-likeness (QED) is 0.520. The van der Waals surface area contributed by atoms with Gasteiger partial charge in [-0.05, 0) is 25.1 Å². The van der Waals surface area contributed by atoms with Crippen LogP contribution in [0.25, 0.3) is 6.08 Å². The van der Waals surface area contributed by atoms with Gasteiger partial charge in [0.2, 0.25) is 0 Å². The number of ether oxygens (including phenoxy) is 1. The summed E-state index contributed by atoms with van der Waals surface area (Å²) in [5, 5.41) is 12.1. The molecule has 1 aromatic heterocycles. The first kappa shape index (κ1) is 17.3. The number of furan rings is 1. The number of rotatable bonds is 4. The Morgan fingerprint density at radius 2 is 2.08 bits per heavy atom. The molecule has 2 rings (SSSR count). The van der Waals surface area contributed by atoms with Crippen LogP contribution in [0.4, 0.5) is 5.69 Å². The average Bonchev–Trinajstić information content (AvgIpc) is 2.94. The molecule has 0 spiro atoms. The van der Waals surface area contributed by atoms with Crippen molar-refractivity contribution in [3.8, 4) is 6.07 Å². The molecule has 1 amide bonds. The third-order valence-corrected chi connectivity index (χ3v) is 3.45. The maximum absolute atomic E-state index is 12.2. The van der Waals surface area contributed by atoms with E-state index in [-0.39, 0.29) is 16.9 Å². The van der Waals surface area contributed by atoms with Gasteiger partial charge >= 0.3 is 5.97 Å². The van der Waals surface area contributed by atoms with Crippen LogP contribution in [-0.2, 0) is 9.53 Å². The van der Waals surface area contributed by atoms with Crippen molar-refractivity contribution in [3.63, 3.8) is 0 Å². The normalized spacial score (nSPS) is 10.8. The highest BCUT2D eigenvalue weighted by Crippen LogP contribution is 2.22. The maximum atomic E-state index is 12.2. The Bertz CT molecular complexity index is 862. The number of anilines is 1. The van der Waals surface area contributed by atoms with Gasteiger partial charge in [-0.2, -0.15) is 5.26 Å². The van der Waals surface area contributed by atoms with E-state index in [1.165, 1.54) is 19.3 Å². The Morgan fingerprint density at radius 1 is 1.38 bits per heavy atom. The number of nitrogens with one attached hydrogen (secondary N) is 1. The van der Waals surface area contributed by atoms with Crippen LogP contribution in [0.15, 0.2) is 40.3 Å². The number of nitrogens with zero attached hydrogens (tertiary/aromatic N) is 1. The number of nitriles is 1. The zero-order valence-corrected chi connectivity index (χ0v) is 13.7. The highest BCUT2D eigenvalue weighted by molar-refractivity contribution is 6.34. The van der Waals surface area contributed by atoms with Gasteiger partial charge in [-0.3, -0.25) is 4.79 Å². The van der Waals surface area contributed by atoms with Crippen molar-refractivity contribution >= 4 is 35.2 Å². The van der Waals surface area contributed by atoms with Crippen LogP contribution in [0.1, 0.15) is 21.9 Å². The van der Waals surface area contributed by atoms with Crippen LogP contribution < -0.4 is 5.32 Å². The predicted molar refractivity (Wildman–Crippen MR) is 88.5 cm³/mol. The molecule has 6 nitrogen and oxygen atoms in total. The summed E-state index contributed by atoms with van der Waals surface area (Å²) in [6.45, 7) is 1.58. The largest absolute Gasteiger partial charge is 0.465 e. The molecule has 0 saturated carbocycles. The van der Waals surface area contributed by atoms with Gasteiger partial charge in [0.25, 0.3) is 5.91 Å². The van der Waals surface area contributed by atoms with Crippen LogP contribution in [0.5, 0.6) is 0 Å². The molecule has 0 bridgehead atoms. The van der Waals surface area contributed by atoms with Crippen molar-refractivity contribution in [1.82, 2.24) is 0 Å². The van der Waals surface area contributed by atoms with E-state index in [9.17, 15) is 14.9 Å². The van der Waals surface area contributed by atoms with Crippen molar-refractivity contribution in [2.75, 3.05) is 12.4 Å². The van der Waals surface area contributed by atoms with Gasteiger partial charge in [-0.15, -0.1) is 0 Å². The molecule has 1 N–H and O–H groups in total. The van der Waals surface area contributed by atoms with Crippen molar-refractivity contribution < 1.29 is 18.7 Å². The maximum Gasteiger partial charge on any atom is 0.341 e. The first-order valence-electron chi connectivity index (χ1n) is 6.82. The molecular formula is C17H13ClN2O4. The van der Waals surface area contributed by atoms with E-state index in [1.807, 2.05) is 0 Å². The lowest BCUT2D eigenvalue weighted by Gasteiger charge is -2.05. The van der Waals surface area contributed by atoms with Crippen LogP contribution >= 0.6 is 11.6 Å². The second-order valence-electron chi connectivity index (χ2n) is 4.71. The molecule has 1 heterocycles. The van der Waals surface area contributed by atoms with E-state index in [4.69, 9.17) is 16.0 Å². The number of halogens is 1. The molecule has 0 atom stereocenters. The third-order valence-electron chi connectivity index (χ3n) is 3.12. The van der Waals surface area contributed by atoms with E-state index < -0.39 is 11.9 Å². The molecule has 2 aromatic rings. The van der Waals surface area contributed by atoms with Crippen molar-refractivity contribution in [2.24, 2.45) is 0 Å². The molecule has 24 heavy (non-hydrogen) atoms. The number of carbonyl (C=O) groups excluding carboxylic acids is 2. The lowest BCUT2D eigenvalue weighted by Crippen LogP contribution is -2.13. The monoisotopic (exact) mass is 344 g/mol. The zero-order valence-electron chi connectivity index (χ0n) is 12.9. The summed E-state index contributed by atoms with van der Waals surface area (Å²) in [4.78, 5) is 23.7. The molecule has 0 aliphatic heterocycles. The van der Waals surface area contributed by atoms with E-state index >= 15 is 0 Å². The molecule has 0 radical (unpaired) electrons. The third kappa shape index (κ3) is 3.83. The topological polar surface area (TPSA) is 92.3 Å². The fourth-order valence-electron chi connectivity index (χ4n) is 1.93. The molecular weight excluding hydrogens is 332 g/mol. The lowest BCUT2D eigenvalue weighted by atomic mass is 10.2. The number of benzene rings is 1. The van der Waals surface area contributed by atoms with Gasteiger partial charge < -0.3 is 14.5 Å². The summed E-state index contributed by atoms with van der Waals surface area (Å²) in [6, 6.07) is 9.85. The van der Waals surface area contributed by atoms with Crippen LogP contribution in [-0.4, -0.2) is 19.0 Å². The fourth-order valence-corrected chi connectivity index (χ4v) is 2.11. The highest BCUT2D eigenvalue weighted by atomic mass is 35.5. The second-order valence-corrected chi connectivity index (χ2v) is 5.12. The average molecular weight is 345 g/mol. The Kier molecular flexibility index (Phi) is 5.40. The number of hydrogen-bond donors (Lipinski definition) is 1. The summed E-state index contributed by atoms with van der Waals surface area (Å²) in [5.41, 5.74) is 0.420. The molecule has 0 aliphatic carbocycles. The van der Waals surface area contributed by atoms with E-state index in [0.29, 0.717) is 16.5 Å². The van der Waals surface area contributed by atoms with Crippen molar-refractivity contribution in [1.29, 1.82) is 5.26 Å². The molecule has 0 saturated heterocycles. The van der Waals surface area contributed by atoms with Crippen LogP contribution in [0.2, 0.25) is 5.02 Å². The number of esters is 1. The zero-order chi connectivity index (χ0) is 17.7. The number of carbonyl (C=O) groups is 2. The number of methoxy groups -OCH3 is 1. The van der Waals surface area contributed by atoms with Crippen molar-refractivity contribution in [3.05, 3.63) is 58.0 Å². The lowest BCUT2D eigenvalue weighted by molar-refractivity contribution is -0.112. The Morgan fingerprint density at radius 3 is 2.71 bits per heavy atom. The first-order valence-corrected chi connectivity index (χ1v) is 7.20. The minimum absolute atomic E-state index is 0.193. The second kappa shape index (κ2) is 7.49. The molecule has 7 heteroatoms. The first-order chi connectivity index (χ1) is 11.5. The Labute approximate surface area is 143 Å². The smallest absolute Gasteiger partial charge is 0.341 e. The Balaban J connectivity index is 2.26. The molecule has 0 unspecified atom stereocenters. The van der Waals surface area contributed by atoms with Gasteiger partial charge in [0.15, 0.2) is 0 Å². The molecule has 0 fully saturated rings. The molecule has 0 aliphatic rings. The summed E-state index contributed by atoms with van der Waals surface area (Å²) in [6.07, 6.45) is 1.24. The molecule has 1 aromatic carbocycles. The predicted octanol–water partition coefficient (Wildman–Crippen LogP) is 3.57. The van der Waals surface area contributed by atoms with Gasteiger partial charge in [-0.1, -0.05) is 23.7 Å². The van der Waals surface area contributed by atoms with Crippen LogP contribution in [0, 0.1) is 18.3 Å². The number of para-hydroxylation sites is 1. The van der Waals surface area contributed by atoms with E-state index in [1.54, 1.807) is 37.3 Å². The number of hydrogen-bond acceptors (Lipinski definition) is 5. The Hall–Kier alpha value is -3.04. The number of aryl methyl sites for hydroxylation is 1. The van der Waals surface area contributed by atoms with Gasteiger partial charge in [0.1, 0.15) is 28.7 Å². The summed E-state index contributed by atoms with van der Waals surface area (Å²) >= 11 is 5.96. The van der Waals surface area contributed by atoms with Gasteiger partial charge in [-0.25, -0.2) is 4.79 Å². The van der Waals surface area contributed by atoms with Crippen molar-refractivity contribution in [2.45, 2.75) is 6.92 Å². The van der Waals surface area contributed by atoms with Gasteiger partial charge in [0, 0.05) is 6.08 Å². The highest BCUT2D eigenvalue weighted by Gasteiger charge is 2.17. The van der Waals surface area contributed by atoms with Crippen LogP contribution in [0.3, 0.4) is 0 Å². The standard InChI is InChI=1S/C17H13ClN2O4/c1-10-13(17(22)23-2)8-12(24-10)7-11(9-19)16(21)20-15-6-4-3-5-14(15)18/h3-8H,1-2H3,(H,20,21)/b11-7+. The minimum atomic E-state index is -0.640. The van der Waals surface area contributed by atoms with E-state index in [2.05, 4.69) is 10.1 Å². The number of amides is 1. The molecule has 122 valence electrons. The van der Waals surface area contributed by atoms with Gasteiger partial charge in [0.05, 0.1) is 17.8 Å².